The van der Waals surface area contributed by atoms with Crippen molar-refractivity contribution in [3.63, 3.8) is 0 Å². The number of hydrogen-bond acceptors (Lipinski definition) is 5. The Kier molecular flexibility index (Phi) is 3.79. The molecule has 1 fully saturated rings. The van der Waals surface area contributed by atoms with Crippen molar-refractivity contribution < 1.29 is 14.6 Å². The SMILES string of the molecule is CCOC(=O)[C@H]1CC[C@](O)(c2nccs2)CC1. The minimum absolute atomic E-state index is 0.0600. The molecule has 0 aliphatic heterocycles. The molecule has 1 aromatic rings. The van der Waals surface area contributed by atoms with Crippen molar-refractivity contribution in [3.05, 3.63) is 16.6 Å². The number of nitrogens with zero attached hydrogens (tertiary/aromatic N) is 1. The van der Waals surface area contributed by atoms with Crippen LogP contribution in [0.25, 0.3) is 0 Å². The number of hydrogen-bond donors (Lipinski definition) is 1. The molecule has 1 saturated carbocycles. The van der Waals surface area contributed by atoms with Crippen molar-refractivity contribution in [3.8, 4) is 0 Å². The number of ether oxygens (including phenoxy) is 1. The van der Waals surface area contributed by atoms with Crippen LogP contribution in [0.4, 0.5) is 0 Å². The lowest BCUT2D eigenvalue weighted by Crippen LogP contribution is -2.34. The fraction of sp³-hybridized carbons (Fsp3) is 0.667. The van der Waals surface area contributed by atoms with E-state index >= 15 is 0 Å². The lowest BCUT2D eigenvalue weighted by molar-refractivity contribution is -0.151. The van der Waals surface area contributed by atoms with Gasteiger partial charge in [-0.2, -0.15) is 0 Å². The fourth-order valence-electron chi connectivity index (χ4n) is 2.26. The average molecular weight is 255 g/mol. The molecule has 0 bridgehead atoms. The Bertz CT molecular complexity index is 369. The maximum absolute atomic E-state index is 11.6. The first-order chi connectivity index (χ1) is 8.15. The van der Waals surface area contributed by atoms with Crippen LogP contribution in [-0.2, 0) is 15.1 Å². The molecule has 0 spiro atoms. The first-order valence-electron chi connectivity index (χ1n) is 5.94. The van der Waals surface area contributed by atoms with Crippen molar-refractivity contribution in [1.82, 2.24) is 4.98 Å². The summed E-state index contributed by atoms with van der Waals surface area (Å²) in [5.74, 6) is -0.191. The third kappa shape index (κ3) is 2.66. The molecule has 0 radical (unpaired) electrons. The highest BCUT2D eigenvalue weighted by molar-refractivity contribution is 7.09. The first kappa shape index (κ1) is 12.5. The summed E-state index contributed by atoms with van der Waals surface area (Å²) in [6.45, 7) is 2.23. The normalized spacial score (nSPS) is 28.9. The van der Waals surface area contributed by atoms with Crippen molar-refractivity contribution in [2.45, 2.75) is 38.2 Å². The van der Waals surface area contributed by atoms with Gasteiger partial charge in [-0.05, 0) is 32.6 Å². The van der Waals surface area contributed by atoms with Crippen molar-refractivity contribution in [1.29, 1.82) is 0 Å². The predicted molar refractivity (Wildman–Crippen MR) is 64.6 cm³/mol. The third-order valence-electron chi connectivity index (χ3n) is 3.26. The zero-order valence-corrected chi connectivity index (χ0v) is 10.7. The second kappa shape index (κ2) is 5.14. The molecule has 1 aliphatic rings. The van der Waals surface area contributed by atoms with Gasteiger partial charge in [0.1, 0.15) is 10.6 Å². The molecule has 1 aliphatic carbocycles. The zero-order chi connectivity index (χ0) is 12.3. The van der Waals surface area contributed by atoms with Crippen LogP contribution in [0.1, 0.15) is 37.6 Å². The largest absolute Gasteiger partial charge is 0.466 e. The number of esters is 1. The highest BCUT2D eigenvalue weighted by Crippen LogP contribution is 2.40. The van der Waals surface area contributed by atoms with E-state index in [1.807, 2.05) is 12.3 Å². The second-order valence-electron chi connectivity index (χ2n) is 4.40. The van der Waals surface area contributed by atoms with Gasteiger partial charge in [0.05, 0.1) is 12.5 Å². The molecule has 17 heavy (non-hydrogen) atoms. The van der Waals surface area contributed by atoms with E-state index in [1.54, 1.807) is 6.20 Å². The quantitative estimate of drug-likeness (QED) is 0.840. The Hall–Kier alpha value is -0.940. The average Bonchev–Trinajstić information content (AvgIpc) is 2.84. The van der Waals surface area contributed by atoms with Crippen LogP contribution in [0, 0.1) is 5.92 Å². The number of carbonyl (C=O) groups excluding carboxylic acids is 1. The van der Waals surface area contributed by atoms with Gasteiger partial charge in [-0.15, -0.1) is 11.3 Å². The second-order valence-corrected chi connectivity index (χ2v) is 5.29. The lowest BCUT2D eigenvalue weighted by atomic mass is 9.79. The van der Waals surface area contributed by atoms with E-state index in [9.17, 15) is 9.90 Å². The number of rotatable bonds is 3. The lowest BCUT2D eigenvalue weighted by Gasteiger charge is -2.33. The molecule has 0 aromatic carbocycles. The topological polar surface area (TPSA) is 59.4 Å². The fourth-order valence-corrected chi connectivity index (χ4v) is 3.05. The Morgan fingerprint density at radius 3 is 2.88 bits per heavy atom. The Balaban J connectivity index is 1.96. The third-order valence-corrected chi connectivity index (χ3v) is 4.23. The molecular weight excluding hydrogens is 238 g/mol. The van der Waals surface area contributed by atoms with Crippen LogP contribution >= 0.6 is 11.3 Å². The summed E-state index contributed by atoms with van der Waals surface area (Å²) < 4.78 is 5.01. The van der Waals surface area contributed by atoms with E-state index in [0.29, 0.717) is 32.3 Å². The number of aliphatic hydroxyl groups is 1. The molecule has 1 N–H and O–H groups in total. The van der Waals surface area contributed by atoms with Gasteiger partial charge < -0.3 is 9.84 Å². The smallest absolute Gasteiger partial charge is 0.308 e. The van der Waals surface area contributed by atoms with Gasteiger partial charge in [0.2, 0.25) is 0 Å². The summed E-state index contributed by atoms with van der Waals surface area (Å²) in [6, 6.07) is 0. The highest BCUT2D eigenvalue weighted by atomic mass is 32.1. The van der Waals surface area contributed by atoms with Crippen molar-refractivity contribution in [2.75, 3.05) is 6.61 Å². The van der Waals surface area contributed by atoms with Crippen LogP contribution in [0.15, 0.2) is 11.6 Å². The monoisotopic (exact) mass is 255 g/mol. The van der Waals surface area contributed by atoms with E-state index in [-0.39, 0.29) is 11.9 Å². The molecule has 94 valence electrons. The molecule has 1 heterocycles. The summed E-state index contributed by atoms with van der Waals surface area (Å²) in [5.41, 5.74) is -0.836. The number of thiazole rings is 1. The summed E-state index contributed by atoms with van der Waals surface area (Å²) in [4.78, 5) is 15.7. The van der Waals surface area contributed by atoms with Gasteiger partial charge in [0.15, 0.2) is 0 Å². The summed E-state index contributed by atoms with van der Waals surface area (Å²) >= 11 is 1.47. The summed E-state index contributed by atoms with van der Waals surface area (Å²) in [6.07, 6.45) is 4.23. The molecular formula is C12H17NO3S. The minimum Gasteiger partial charge on any atom is -0.466 e. The van der Waals surface area contributed by atoms with Gasteiger partial charge in [0.25, 0.3) is 0 Å². The summed E-state index contributed by atoms with van der Waals surface area (Å²) in [5, 5.41) is 13.1. The van der Waals surface area contributed by atoms with Crippen LogP contribution < -0.4 is 0 Å². The van der Waals surface area contributed by atoms with Crippen LogP contribution in [0.2, 0.25) is 0 Å². The van der Waals surface area contributed by atoms with Crippen LogP contribution in [-0.4, -0.2) is 22.7 Å². The van der Waals surface area contributed by atoms with Crippen LogP contribution in [0.3, 0.4) is 0 Å². The molecule has 0 unspecified atom stereocenters. The van der Waals surface area contributed by atoms with Crippen molar-refractivity contribution in [2.24, 2.45) is 5.92 Å². The van der Waals surface area contributed by atoms with Gasteiger partial charge in [-0.1, -0.05) is 0 Å². The maximum atomic E-state index is 11.6. The maximum Gasteiger partial charge on any atom is 0.308 e. The van der Waals surface area contributed by atoms with E-state index in [2.05, 4.69) is 4.98 Å². The predicted octanol–water partition coefficient (Wildman–Crippen LogP) is 2.08. The number of carbonyl (C=O) groups is 1. The highest BCUT2D eigenvalue weighted by Gasteiger charge is 2.39. The zero-order valence-electron chi connectivity index (χ0n) is 9.89. The summed E-state index contributed by atoms with van der Waals surface area (Å²) in [7, 11) is 0. The molecule has 4 nitrogen and oxygen atoms in total. The van der Waals surface area contributed by atoms with Gasteiger partial charge in [0, 0.05) is 11.6 Å². The van der Waals surface area contributed by atoms with Crippen LogP contribution in [0.5, 0.6) is 0 Å². The molecule has 0 atom stereocenters. The minimum atomic E-state index is -0.836. The molecule has 0 saturated heterocycles. The molecule has 5 heteroatoms. The van der Waals surface area contributed by atoms with Gasteiger partial charge >= 0.3 is 5.97 Å². The van der Waals surface area contributed by atoms with E-state index in [4.69, 9.17) is 4.74 Å². The Morgan fingerprint density at radius 1 is 1.65 bits per heavy atom. The van der Waals surface area contributed by atoms with E-state index < -0.39 is 5.60 Å². The Labute approximate surface area is 105 Å². The Morgan fingerprint density at radius 2 is 2.35 bits per heavy atom. The van der Waals surface area contributed by atoms with Crippen molar-refractivity contribution >= 4 is 17.3 Å². The standard InChI is InChI=1S/C12H17NO3S/c1-2-16-10(14)9-3-5-12(15,6-4-9)11-13-7-8-17-11/h7-9,15H,2-6H2,1H3/t9-,12+. The first-order valence-corrected chi connectivity index (χ1v) is 6.82. The molecule has 0 amide bonds. The van der Waals surface area contributed by atoms with Gasteiger partial charge in [-0.3, -0.25) is 4.79 Å². The van der Waals surface area contributed by atoms with Gasteiger partial charge in [-0.25, -0.2) is 4.98 Å². The van der Waals surface area contributed by atoms with E-state index in [0.717, 1.165) is 5.01 Å². The van der Waals surface area contributed by atoms with E-state index in [1.165, 1.54) is 11.3 Å². The molecule has 2 rings (SSSR count). The number of aromatic nitrogens is 1. The molecule has 1 aromatic heterocycles.